The summed E-state index contributed by atoms with van der Waals surface area (Å²) in [6, 6.07) is 9.76. The van der Waals surface area contributed by atoms with Crippen molar-refractivity contribution in [2.75, 3.05) is 17.8 Å². The van der Waals surface area contributed by atoms with Crippen molar-refractivity contribution in [3.63, 3.8) is 0 Å². The summed E-state index contributed by atoms with van der Waals surface area (Å²) in [6.45, 7) is 0.182. The fraction of sp³-hybridized carbons (Fsp3) is 0.316. The number of ether oxygens (including phenoxy) is 2. The van der Waals surface area contributed by atoms with Crippen molar-refractivity contribution in [2.24, 2.45) is 0 Å². The molecule has 0 radical (unpaired) electrons. The normalized spacial score (nSPS) is 14.4. The Bertz CT molecular complexity index is 807. The zero-order chi connectivity index (χ0) is 16.5. The van der Waals surface area contributed by atoms with Crippen LogP contribution in [0.1, 0.15) is 29.5 Å². The predicted octanol–water partition coefficient (Wildman–Crippen LogP) is 3.48. The van der Waals surface area contributed by atoms with Gasteiger partial charge in [0.15, 0.2) is 11.5 Å². The first-order valence-corrected chi connectivity index (χ1v) is 8.29. The van der Waals surface area contributed by atoms with E-state index in [0.29, 0.717) is 29.3 Å². The lowest BCUT2D eigenvalue weighted by molar-refractivity contribution is -0.115. The number of carbonyl (C=O) groups is 1. The Labute approximate surface area is 152 Å². The van der Waals surface area contributed by atoms with Crippen LogP contribution in [0.5, 0.6) is 11.5 Å². The molecule has 0 aromatic heterocycles. The van der Waals surface area contributed by atoms with E-state index >= 15 is 0 Å². The largest absolute Gasteiger partial charge is 0.454 e. The van der Waals surface area contributed by atoms with Crippen molar-refractivity contribution < 1.29 is 14.3 Å². The molecule has 132 valence electrons. The predicted molar refractivity (Wildman–Crippen MR) is 99.6 cm³/mol. The third kappa shape index (κ3) is 3.66. The highest BCUT2D eigenvalue weighted by Gasteiger charge is 2.17. The molecule has 0 unspecified atom stereocenters. The Balaban J connectivity index is 0.00000182. The number of nitrogens with two attached hydrogens (primary N) is 1. The average molecular weight is 361 g/mol. The molecule has 0 bridgehead atoms. The number of aryl methyl sites for hydroxylation is 2. The van der Waals surface area contributed by atoms with Crippen molar-refractivity contribution in [1.82, 2.24) is 0 Å². The fourth-order valence-electron chi connectivity index (χ4n) is 3.34. The minimum atomic E-state index is -0.0867. The molecule has 4 rings (SSSR count). The van der Waals surface area contributed by atoms with Crippen molar-refractivity contribution in [1.29, 1.82) is 0 Å². The minimum absolute atomic E-state index is 0. The van der Waals surface area contributed by atoms with Crippen LogP contribution < -0.4 is 20.5 Å². The number of carbonyl (C=O) groups excluding carboxylic acids is 1. The maximum Gasteiger partial charge on any atom is 0.231 e. The van der Waals surface area contributed by atoms with Crippen LogP contribution in [0.4, 0.5) is 11.4 Å². The first-order chi connectivity index (χ1) is 11.7. The third-order valence-corrected chi connectivity index (χ3v) is 4.60. The molecular weight excluding hydrogens is 340 g/mol. The summed E-state index contributed by atoms with van der Waals surface area (Å²) >= 11 is 0. The molecule has 5 nitrogen and oxygen atoms in total. The zero-order valence-corrected chi connectivity index (χ0v) is 14.7. The van der Waals surface area contributed by atoms with E-state index < -0.39 is 0 Å². The number of fused-ring (bicyclic) bond motifs is 2. The Morgan fingerprint density at radius 2 is 1.76 bits per heavy atom. The number of nitrogen functional groups attached to an aromatic ring is 1. The summed E-state index contributed by atoms with van der Waals surface area (Å²) in [5.41, 5.74) is 10.8. The molecule has 3 N–H and O–H groups in total. The van der Waals surface area contributed by atoms with E-state index in [2.05, 4.69) is 17.4 Å². The number of anilines is 2. The van der Waals surface area contributed by atoms with Crippen LogP contribution >= 0.6 is 12.4 Å². The molecule has 0 fully saturated rings. The summed E-state index contributed by atoms with van der Waals surface area (Å²) in [4.78, 5) is 12.4. The fourth-order valence-corrected chi connectivity index (χ4v) is 3.34. The number of halogens is 1. The summed E-state index contributed by atoms with van der Waals surface area (Å²) in [6.07, 6.45) is 5.09. The van der Waals surface area contributed by atoms with Crippen LogP contribution in [0.25, 0.3) is 0 Å². The quantitative estimate of drug-likeness (QED) is 0.822. The Morgan fingerprint density at radius 3 is 2.56 bits per heavy atom. The first kappa shape index (κ1) is 17.4. The number of nitrogens with one attached hydrogen (secondary N) is 1. The monoisotopic (exact) mass is 360 g/mol. The lowest BCUT2D eigenvalue weighted by atomic mass is 9.90. The van der Waals surface area contributed by atoms with Gasteiger partial charge in [-0.1, -0.05) is 18.2 Å². The Hall–Kier alpha value is -2.40. The molecule has 0 atom stereocenters. The van der Waals surface area contributed by atoms with E-state index in [1.54, 1.807) is 12.1 Å². The smallest absolute Gasteiger partial charge is 0.231 e. The molecule has 0 spiro atoms. The van der Waals surface area contributed by atoms with Crippen LogP contribution in [0.2, 0.25) is 0 Å². The van der Waals surface area contributed by atoms with Gasteiger partial charge in [-0.05, 0) is 42.4 Å². The van der Waals surface area contributed by atoms with Crippen LogP contribution in [0.15, 0.2) is 30.3 Å². The zero-order valence-electron chi connectivity index (χ0n) is 13.8. The second-order valence-electron chi connectivity index (χ2n) is 6.33. The molecule has 2 aromatic rings. The number of amides is 1. The number of hydrogen-bond acceptors (Lipinski definition) is 4. The van der Waals surface area contributed by atoms with Gasteiger partial charge in [-0.25, -0.2) is 0 Å². The molecular formula is C19H21ClN2O3. The maximum absolute atomic E-state index is 12.4. The number of benzene rings is 2. The van der Waals surface area contributed by atoms with E-state index in [-0.39, 0.29) is 25.1 Å². The Morgan fingerprint density at radius 1 is 1.04 bits per heavy atom. The first-order valence-electron chi connectivity index (χ1n) is 8.29. The van der Waals surface area contributed by atoms with Crippen molar-refractivity contribution in [3.8, 4) is 11.5 Å². The van der Waals surface area contributed by atoms with Gasteiger partial charge in [0.25, 0.3) is 0 Å². The van der Waals surface area contributed by atoms with E-state index in [4.69, 9.17) is 15.2 Å². The van der Waals surface area contributed by atoms with Crippen molar-refractivity contribution in [2.45, 2.75) is 32.1 Å². The van der Waals surface area contributed by atoms with E-state index in [1.165, 1.54) is 24.0 Å². The highest BCUT2D eigenvalue weighted by Crippen LogP contribution is 2.38. The maximum atomic E-state index is 12.4. The number of rotatable bonds is 3. The Kier molecular flexibility index (Phi) is 5.04. The third-order valence-electron chi connectivity index (χ3n) is 4.60. The summed E-state index contributed by atoms with van der Waals surface area (Å²) < 4.78 is 10.6. The standard InChI is InChI=1S/C19H20N2O3.ClH/c20-15-9-17-18(24-11-23-17)10-16(15)21-19(22)8-12-5-6-13-3-1-2-4-14(13)7-12;/h5-7,9-10H,1-4,8,11,20H2,(H,21,22);1H. The molecule has 1 heterocycles. The van der Waals surface area contributed by atoms with Crippen molar-refractivity contribution in [3.05, 3.63) is 47.0 Å². The lowest BCUT2D eigenvalue weighted by Crippen LogP contribution is -2.16. The molecule has 0 saturated carbocycles. The summed E-state index contributed by atoms with van der Waals surface area (Å²) in [5.74, 6) is 1.13. The van der Waals surface area contributed by atoms with Crippen molar-refractivity contribution >= 4 is 29.7 Å². The van der Waals surface area contributed by atoms with Gasteiger partial charge >= 0.3 is 0 Å². The van der Waals surface area contributed by atoms with Gasteiger partial charge in [-0.15, -0.1) is 12.4 Å². The van der Waals surface area contributed by atoms with Crippen LogP contribution in [-0.2, 0) is 24.1 Å². The van der Waals surface area contributed by atoms with Crippen LogP contribution in [0, 0.1) is 0 Å². The van der Waals surface area contributed by atoms with E-state index in [9.17, 15) is 4.79 Å². The lowest BCUT2D eigenvalue weighted by Gasteiger charge is -2.16. The SMILES string of the molecule is Cl.Nc1cc2c(cc1NC(=O)Cc1ccc3c(c1)CCCC3)OCO2. The minimum Gasteiger partial charge on any atom is -0.454 e. The van der Waals surface area contributed by atoms with Gasteiger partial charge < -0.3 is 20.5 Å². The van der Waals surface area contributed by atoms with E-state index in [0.717, 1.165) is 18.4 Å². The van der Waals surface area contributed by atoms with E-state index in [1.807, 2.05) is 6.07 Å². The molecule has 25 heavy (non-hydrogen) atoms. The highest BCUT2D eigenvalue weighted by atomic mass is 35.5. The van der Waals surface area contributed by atoms with Crippen LogP contribution in [0.3, 0.4) is 0 Å². The summed E-state index contributed by atoms with van der Waals surface area (Å²) in [7, 11) is 0. The molecule has 1 aliphatic carbocycles. The highest BCUT2D eigenvalue weighted by molar-refractivity contribution is 5.95. The molecule has 1 amide bonds. The topological polar surface area (TPSA) is 73.6 Å². The molecule has 1 aliphatic heterocycles. The van der Waals surface area contributed by atoms with Gasteiger partial charge in [0.05, 0.1) is 17.8 Å². The second-order valence-corrected chi connectivity index (χ2v) is 6.33. The van der Waals surface area contributed by atoms with Gasteiger partial charge in [0.2, 0.25) is 12.7 Å². The molecule has 6 heteroatoms. The average Bonchev–Trinajstić information content (AvgIpc) is 3.02. The second kappa shape index (κ2) is 7.23. The van der Waals surface area contributed by atoms with Gasteiger partial charge in [0, 0.05) is 12.1 Å². The molecule has 2 aliphatic rings. The summed E-state index contributed by atoms with van der Waals surface area (Å²) in [5, 5.41) is 2.87. The number of hydrogen-bond donors (Lipinski definition) is 2. The van der Waals surface area contributed by atoms with Crippen LogP contribution in [-0.4, -0.2) is 12.7 Å². The van der Waals surface area contributed by atoms with Gasteiger partial charge in [-0.3, -0.25) is 4.79 Å². The molecule has 2 aromatic carbocycles. The molecule has 0 saturated heterocycles. The van der Waals surface area contributed by atoms with Gasteiger partial charge in [-0.2, -0.15) is 0 Å². The van der Waals surface area contributed by atoms with Gasteiger partial charge in [0.1, 0.15) is 0 Å².